The van der Waals surface area contributed by atoms with Crippen molar-refractivity contribution in [3.05, 3.63) is 64.7 Å². The van der Waals surface area contributed by atoms with Crippen molar-refractivity contribution in [1.29, 1.82) is 0 Å². The Labute approximate surface area is 204 Å². The number of benzene rings is 2. The van der Waals surface area contributed by atoms with Gasteiger partial charge in [-0.2, -0.15) is 0 Å². The molecule has 3 rings (SSSR count). The summed E-state index contributed by atoms with van der Waals surface area (Å²) in [6.07, 6.45) is 0.479. The highest BCUT2D eigenvalue weighted by Crippen LogP contribution is 2.30. The van der Waals surface area contributed by atoms with E-state index in [2.05, 4.69) is 5.32 Å². The van der Waals surface area contributed by atoms with Gasteiger partial charge in [0.2, 0.25) is 11.8 Å². The number of amides is 3. The van der Waals surface area contributed by atoms with Crippen LogP contribution in [0, 0.1) is 0 Å². The van der Waals surface area contributed by atoms with Gasteiger partial charge in [0.25, 0.3) is 15.9 Å². The molecule has 2 unspecified atom stereocenters. The number of nitrogens with one attached hydrogen (secondary N) is 1. The van der Waals surface area contributed by atoms with Gasteiger partial charge < -0.3 is 10.2 Å². The van der Waals surface area contributed by atoms with E-state index in [-0.39, 0.29) is 41.9 Å². The van der Waals surface area contributed by atoms with Crippen LogP contribution in [0.5, 0.6) is 0 Å². The maximum atomic E-state index is 13.3. The second-order valence-corrected chi connectivity index (χ2v) is 10.5. The van der Waals surface area contributed by atoms with E-state index in [1.54, 1.807) is 43.3 Å². The van der Waals surface area contributed by atoms with Gasteiger partial charge in [0.15, 0.2) is 0 Å². The lowest BCUT2D eigenvalue weighted by Crippen LogP contribution is -2.50. The van der Waals surface area contributed by atoms with Crippen molar-refractivity contribution in [3.63, 3.8) is 0 Å². The van der Waals surface area contributed by atoms with Crippen LogP contribution in [-0.2, 0) is 26.2 Å². The first-order valence-electron chi connectivity index (χ1n) is 11.1. The molecule has 0 saturated carbocycles. The first-order chi connectivity index (χ1) is 16.1. The number of halogens is 1. The summed E-state index contributed by atoms with van der Waals surface area (Å²) in [5.74, 6) is -1.41. The first kappa shape index (κ1) is 25.7. The zero-order valence-corrected chi connectivity index (χ0v) is 20.9. The number of fused-ring (bicyclic) bond motifs is 1. The number of carbonyl (C=O) groups is 3. The van der Waals surface area contributed by atoms with Crippen molar-refractivity contribution in [2.75, 3.05) is 6.54 Å². The predicted molar refractivity (Wildman–Crippen MR) is 129 cm³/mol. The van der Waals surface area contributed by atoms with Gasteiger partial charge in [-0.1, -0.05) is 42.8 Å². The molecular weight excluding hydrogens is 478 g/mol. The summed E-state index contributed by atoms with van der Waals surface area (Å²) in [5.41, 5.74) is 0.854. The van der Waals surface area contributed by atoms with Crippen LogP contribution in [0.25, 0.3) is 0 Å². The molecule has 0 aliphatic carbocycles. The lowest BCUT2D eigenvalue weighted by Gasteiger charge is -2.30. The van der Waals surface area contributed by atoms with Gasteiger partial charge in [0.05, 0.1) is 5.56 Å². The Hall–Kier alpha value is -2.91. The molecule has 8 nitrogen and oxygen atoms in total. The van der Waals surface area contributed by atoms with E-state index in [9.17, 15) is 22.8 Å². The summed E-state index contributed by atoms with van der Waals surface area (Å²) in [4.78, 5) is 40.0. The Morgan fingerprint density at radius 1 is 1.09 bits per heavy atom. The number of carbonyl (C=O) groups excluding carboxylic acids is 3. The van der Waals surface area contributed by atoms with E-state index >= 15 is 0 Å². The van der Waals surface area contributed by atoms with Crippen LogP contribution in [0.1, 0.15) is 49.5 Å². The van der Waals surface area contributed by atoms with E-state index in [0.29, 0.717) is 5.02 Å². The lowest BCUT2D eigenvalue weighted by molar-refractivity contribution is -0.140. The molecule has 0 aromatic heterocycles. The minimum absolute atomic E-state index is 0.0618. The summed E-state index contributed by atoms with van der Waals surface area (Å²) in [6, 6.07) is 12.0. The summed E-state index contributed by atoms with van der Waals surface area (Å²) in [7, 11) is -4.02. The molecule has 0 fully saturated rings. The van der Waals surface area contributed by atoms with Crippen molar-refractivity contribution in [2.45, 2.75) is 57.1 Å². The largest absolute Gasteiger partial charge is 0.352 e. The second kappa shape index (κ2) is 10.6. The molecule has 1 N–H and O–H groups in total. The third-order valence-electron chi connectivity index (χ3n) is 5.88. The van der Waals surface area contributed by atoms with E-state index in [1.807, 2.05) is 13.8 Å². The van der Waals surface area contributed by atoms with E-state index in [1.165, 1.54) is 17.0 Å². The van der Waals surface area contributed by atoms with Crippen molar-refractivity contribution in [3.8, 4) is 0 Å². The minimum Gasteiger partial charge on any atom is -0.352 e. The maximum Gasteiger partial charge on any atom is 0.269 e. The third kappa shape index (κ3) is 5.42. The SMILES string of the molecule is CCC(C)NC(=O)C(C)N(Cc1ccc(Cl)cc1)C(=O)CCN1C(=O)c2ccccc2S1(=O)=O. The highest BCUT2D eigenvalue weighted by molar-refractivity contribution is 7.90. The van der Waals surface area contributed by atoms with Crippen molar-refractivity contribution < 1.29 is 22.8 Å². The van der Waals surface area contributed by atoms with E-state index < -0.39 is 27.9 Å². The van der Waals surface area contributed by atoms with Crippen LogP contribution < -0.4 is 5.32 Å². The lowest BCUT2D eigenvalue weighted by atomic mass is 10.1. The fraction of sp³-hybridized carbons (Fsp3) is 0.375. The molecule has 2 aromatic carbocycles. The fourth-order valence-electron chi connectivity index (χ4n) is 3.63. The topological polar surface area (TPSA) is 104 Å². The molecule has 0 saturated heterocycles. The van der Waals surface area contributed by atoms with Crippen LogP contribution >= 0.6 is 11.6 Å². The number of rotatable bonds is 9. The molecule has 1 aliphatic rings. The summed E-state index contributed by atoms with van der Waals surface area (Å²) < 4.78 is 26.3. The van der Waals surface area contributed by atoms with Crippen molar-refractivity contribution in [1.82, 2.24) is 14.5 Å². The van der Waals surface area contributed by atoms with Crippen LogP contribution in [0.4, 0.5) is 0 Å². The Kier molecular flexibility index (Phi) is 7.99. The van der Waals surface area contributed by atoms with Gasteiger partial charge >= 0.3 is 0 Å². The minimum atomic E-state index is -4.02. The predicted octanol–water partition coefficient (Wildman–Crippen LogP) is 3.21. The summed E-state index contributed by atoms with van der Waals surface area (Å²) in [5, 5.41) is 3.42. The third-order valence-corrected chi connectivity index (χ3v) is 7.97. The van der Waals surface area contributed by atoms with Crippen LogP contribution in [0.2, 0.25) is 5.02 Å². The van der Waals surface area contributed by atoms with Gasteiger partial charge in [0.1, 0.15) is 10.9 Å². The molecular formula is C24H28ClN3O5S. The molecule has 0 spiro atoms. The standard InChI is InChI=1S/C24H28ClN3O5S/c1-4-16(2)26-23(30)17(3)27(15-18-9-11-19(25)12-10-18)22(29)13-14-28-24(31)20-7-5-6-8-21(20)34(28,32)33/h5-12,16-17H,4,13-15H2,1-3H3,(H,26,30). The number of hydrogen-bond acceptors (Lipinski definition) is 5. The zero-order valence-electron chi connectivity index (χ0n) is 19.3. The summed E-state index contributed by atoms with van der Waals surface area (Å²) >= 11 is 5.96. The Bertz CT molecular complexity index is 1180. The Balaban J connectivity index is 1.79. The average Bonchev–Trinajstić information content (AvgIpc) is 3.01. The normalized spacial score (nSPS) is 16.0. The Morgan fingerprint density at radius 2 is 1.74 bits per heavy atom. The second-order valence-electron chi connectivity index (χ2n) is 8.27. The monoisotopic (exact) mass is 505 g/mol. The number of sulfonamides is 1. The quantitative estimate of drug-likeness (QED) is 0.563. The van der Waals surface area contributed by atoms with Gasteiger partial charge in [-0.25, -0.2) is 12.7 Å². The van der Waals surface area contributed by atoms with Crippen molar-refractivity contribution in [2.24, 2.45) is 0 Å². The number of hydrogen-bond donors (Lipinski definition) is 1. The molecule has 34 heavy (non-hydrogen) atoms. The van der Waals surface area contributed by atoms with Crippen LogP contribution in [-0.4, -0.2) is 54.0 Å². The highest BCUT2D eigenvalue weighted by atomic mass is 35.5. The molecule has 2 aromatic rings. The van der Waals surface area contributed by atoms with E-state index in [0.717, 1.165) is 16.3 Å². The molecule has 0 radical (unpaired) electrons. The zero-order chi connectivity index (χ0) is 25.0. The van der Waals surface area contributed by atoms with Gasteiger partial charge in [-0.3, -0.25) is 14.4 Å². The van der Waals surface area contributed by atoms with Gasteiger partial charge in [-0.05, 0) is 50.1 Å². The molecule has 182 valence electrons. The maximum absolute atomic E-state index is 13.3. The average molecular weight is 506 g/mol. The molecule has 3 amide bonds. The van der Waals surface area contributed by atoms with Gasteiger partial charge in [-0.15, -0.1) is 0 Å². The first-order valence-corrected chi connectivity index (χ1v) is 12.9. The summed E-state index contributed by atoms with van der Waals surface area (Å²) in [6.45, 7) is 5.26. The Morgan fingerprint density at radius 3 is 2.35 bits per heavy atom. The van der Waals surface area contributed by atoms with E-state index in [4.69, 9.17) is 11.6 Å². The molecule has 1 aliphatic heterocycles. The molecule has 1 heterocycles. The molecule has 10 heteroatoms. The smallest absolute Gasteiger partial charge is 0.269 e. The van der Waals surface area contributed by atoms with Crippen molar-refractivity contribution >= 4 is 39.3 Å². The molecule has 0 bridgehead atoms. The van der Waals surface area contributed by atoms with Crippen LogP contribution in [0.3, 0.4) is 0 Å². The van der Waals surface area contributed by atoms with Crippen LogP contribution in [0.15, 0.2) is 53.4 Å². The highest BCUT2D eigenvalue weighted by Gasteiger charge is 2.41. The molecule has 2 atom stereocenters. The fourth-order valence-corrected chi connectivity index (χ4v) is 5.32. The van der Waals surface area contributed by atoms with Gasteiger partial charge in [0, 0.05) is 30.6 Å². The number of nitrogens with zero attached hydrogens (tertiary/aromatic N) is 2.